The summed E-state index contributed by atoms with van der Waals surface area (Å²) in [5.41, 5.74) is 1.74. The Morgan fingerprint density at radius 3 is 2.69 bits per heavy atom. The van der Waals surface area contributed by atoms with Crippen molar-refractivity contribution in [3.63, 3.8) is 0 Å². The van der Waals surface area contributed by atoms with E-state index in [9.17, 15) is 9.18 Å². The van der Waals surface area contributed by atoms with Crippen LogP contribution in [-0.4, -0.2) is 31.8 Å². The largest absolute Gasteiger partial charge is 0.369 e. The third-order valence-electron chi connectivity index (χ3n) is 5.53. The molecule has 0 aliphatic carbocycles. The van der Waals surface area contributed by atoms with Gasteiger partial charge in [0, 0.05) is 25.5 Å². The molecule has 3 aromatic rings. The van der Waals surface area contributed by atoms with Gasteiger partial charge in [-0.25, -0.2) is 4.39 Å². The third kappa shape index (κ3) is 5.73. The van der Waals surface area contributed by atoms with Crippen molar-refractivity contribution in [2.75, 3.05) is 25.5 Å². The van der Waals surface area contributed by atoms with Crippen LogP contribution in [0.4, 0.5) is 10.1 Å². The predicted octanol–water partition coefficient (Wildman–Crippen LogP) is 7.12. The summed E-state index contributed by atoms with van der Waals surface area (Å²) in [6.07, 6.45) is 4.93. The van der Waals surface area contributed by atoms with Gasteiger partial charge in [-0.1, -0.05) is 64.1 Å². The van der Waals surface area contributed by atoms with Gasteiger partial charge in [-0.2, -0.15) is 4.57 Å². The molecule has 0 bridgehead atoms. The normalized spacial score (nSPS) is 14.8. The zero-order valence-corrected chi connectivity index (χ0v) is 23.3. The first-order chi connectivity index (χ1) is 16.8. The Morgan fingerprint density at radius 1 is 1.26 bits per heavy atom. The summed E-state index contributed by atoms with van der Waals surface area (Å²) in [6, 6.07) is 10.2. The number of aldehydes is 1. The Bertz CT molecular complexity index is 1300. The summed E-state index contributed by atoms with van der Waals surface area (Å²) in [4.78, 5) is 17.6. The van der Waals surface area contributed by atoms with E-state index in [-0.39, 0.29) is 5.82 Å². The van der Waals surface area contributed by atoms with Gasteiger partial charge >= 0.3 is 0 Å². The van der Waals surface area contributed by atoms with E-state index >= 15 is 0 Å². The zero-order chi connectivity index (χ0) is 25.1. The van der Waals surface area contributed by atoms with Crippen LogP contribution >= 0.6 is 58.1 Å². The highest BCUT2D eigenvalue weighted by atomic mass is 35.5. The third-order valence-corrected chi connectivity index (χ3v) is 9.60. The van der Waals surface area contributed by atoms with Gasteiger partial charge in [-0.05, 0) is 37.3 Å². The summed E-state index contributed by atoms with van der Waals surface area (Å²) in [6.45, 7) is 3.35. The SMILES string of the molecule is CCN(C)/C(=C/c1scc[n+]1Cc1c(Cl)cccc1Cl)S/C(C=O)=C1/Sc2cc(F)ccc2N1C. The van der Waals surface area contributed by atoms with Gasteiger partial charge in [0.15, 0.2) is 19.0 Å². The lowest BCUT2D eigenvalue weighted by atomic mass is 10.2. The van der Waals surface area contributed by atoms with Crippen molar-refractivity contribution in [3.8, 4) is 0 Å². The second kappa shape index (κ2) is 11.4. The molecule has 2 aromatic carbocycles. The highest BCUT2D eigenvalue weighted by Gasteiger charge is 2.27. The highest BCUT2D eigenvalue weighted by molar-refractivity contribution is 8.09. The molecule has 0 atom stereocenters. The number of nitrogens with zero attached hydrogens (tertiary/aromatic N) is 3. The standard InChI is InChI=1S/C25H23Cl2FN3OS3/c1-4-29(2)23(13-24-31(10-11-33-24)14-17-18(26)6-5-7-19(17)27)34-22(15-32)25-30(3)20-9-8-16(28)12-21(20)35-25/h5-13,15H,4,14H2,1-3H3/q+1/b25-22+. The summed E-state index contributed by atoms with van der Waals surface area (Å²) in [5.74, 6) is -0.293. The van der Waals surface area contributed by atoms with E-state index in [1.165, 1.54) is 35.7 Å². The summed E-state index contributed by atoms with van der Waals surface area (Å²) in [7, 11) is 3.88. The molecule has 0 saturated heterocycles. The minimum absolute atomic E-state index is 0.293. The van der Waals surface area contributed by atoms with Crippen molar-refractivity contribution in [2.24, 2.45) is 0 Å². The van der Waals surface area contributed by atoms with Gasteiger partial charge in [0.25, 0.3) is 5.01 Å². The van der Waals surface area contributed by atoms with E-state index in [1.54, 1.807) is 17.4 Å². The predicted molar refractivity (Wildman–Crippen MR) is 148 cm³/mol. The molecule has 0 amide bonds. The van der Waals surface area contributed by atoms with Crippen LogP contribution in [0.3, 0.4) is 0 Å². The Labute approximate surface area is 227 Å². The van der Waals surface area contributed by atoms with Crippen LogP contribution < -0.4 is 9.47 Å². The lowest BCUT2D eigenvalue weighted by molar-refractivity contribution is -0.685. The number of rotatable bonds is 8. The van der Waals surface area contributed by atoms with Gasteiger partial charge in [0.2, 0.25) is 0 Å². The minimum atomic E-state index is -0.293. The van der Waals surface area contributed by atoms with Crippen molar-refractivity contribution in [1.82, 2.24) is 4.90 Å². The highest BCUT2D eigenvalue weighted by Crippen LogP contribution is 2.48. The Hall–Kier alpha value is -1.97. The smallest absolute Gasteiger partial charge is 0.264 e. The number of benzene rings is 2. The van der Waals surface area contributed by atoms with E-state index < -0.39 is 0 Å². The van der Waals surface area contributed by atoms with E-state index in [1.807, 2.05) is 48.8 Å². The fourth-order valence-electron chi connectivity index (χ4n) is 3.47. The molecule has 0 saturated carbocycles. The molecule has 2 heterocycles. The van der Waals surface area contributed by atoms with Crippen molar-refractivity contribution in [3.05, 3.63) is 89.4 Å². The van der Waals surface area contributed by atoms with Crippen LogP contribution in [0.25, 0.3) is 6.08 Å². The number of thioether (sulfide) groups is 2. The number of hydrogen-bond donors (Lipinski definition) is 0. The van der Waals surface area contributed by atoms with Crippen LogP contribution in [0.15, 0.2) is 67.8 Å². The van der Waals surface area contributed by atoms with Gasteiger partial charge < -0.3 is 9.80 Å². The van der Waals surface area contributed by atoms with Crippen LogP contribution in [-0.2, 0) is 11.3 Å². The van der Waals surface area contributed by atoms with Crippen LogP contribution in [0.1, 0.15) is 17.5 Å². The lowest BCUT2D eigenvalue weighted by Crippen LogP contribution is -2.35. The zero-order valence-electron chi connectivity index (χ0n) is 19.3. The molecule has 182 valence electrons. The number of carbonyl (C=O) groups is 1. The summed E-state index contributed by atoms with van der Waals surface area (Å²) in [5, 5.41) is 5.95. The number of thiazole rings is 1. The van der Waals surface area contributed by atoms with Gasteiger partial charge in [0.1, 0.15) is 5.82 Å². The van der Waals surface area contributed by atoms with Crippen LogP contribution in [0.5, 0.6) is 0 Å². The van der Waals surface area contributed by atoms with E-state index in [0.717, 1.165) is 44.0 Å². The minimum Gasteiger partial charge on any atom is -0.369 e. The molecule has 35 heavy (non-hydrogen) atoms. The maximum Gasteiger partial charge on any atom is 0.264 e. The second-order valence-corrected chi connectivity index (χ2v) is 11.6. The molecule has 4 rings (SSSR count). The van der Waals surface area contributed by atoms with Crippen molar-refractivity contribution >= 4 is 76.1 Å². The molecule has 1 aliphatic heterocycles. The first-order valence-electron chi connectivity index (χ1n) is 10.7. The fraction of sp³-hybridized carbons (Fsp3) is 0.200. The average molecular weight is 568 g/mol. The first kappa shape index (κ1) is 26.1. The Morgan fingerprint density at radius 2 is 2.00 bits per heavy atom. The molecule has 0 unspecified atom stereocenters. The number of aromatic nitrogens is 1. The Kier molecular flexibility index (Phi) is 8.50. The first-order valence-corrected chi connectivity index (χ1v) is 14.0. The molecule has 0 spiro atoms. The van der Waals surface area contributed by atoms with Crippen molar-refractivity contribution < 1.29 is 13.8 Å². The molecule has 4 nitrogen and oxygen atoms in total. The number of hydrogen-bond acceptors (Lipinski definition) is 6. The van der Waals surface area contributed by atoms with Gasteiger partial charge in [-0.3, -0.25) is 4.79 Å². The molecule has 1 aliphatic rings. The summed E-state index contributed by atoms with van der Waals surface area (Å²) < 4.78 is 15.8. The topological polar surface area (TPSA) is 27.4 Å². The molecule has 1 aromatic heterocycles. The van der Waals surface area contributed by atoms with Crippen LogP contribution in [0, 0.1) is 5.82 Å². The number of halogens is 3. The maximum atomic E-state index is 13.8. The summed E-state index contributed by atoms with van der Waals surface area (Å²) >= 11 is 17.2. The maximum absolute atomic E-state index is 13.8. The quantitative estimate of drug-likeness (QED) is 0.164. The molecule has 10 heteroatoms. The number of carbonyl (C=O) groups excluding carboxylic acids is 1. The molecule has 0 radical (unpaired) electrons. The average Bonchev–Trinajstić information content (AvgIpc) is 3.41. The van der Waals surface area contributed by atoms with Crippen LogP contribution in [0.2, 0.25) is 10.0 Å². The van der Waals surface area contributed by atoms with Gasteiger partial charge in [-0.15, -0.1) is 0 Å². The van der Waals surface area contributed by atoms with E-state index in [2.05, 4.69) is 22.5 Å². The number of allylic oxidation sites excluding steroid dienone is 1. The molecule has 0 fully saturated rings. The van der Waals surface area contributed by atoms with Gasteiger partial charge in [0.05, 0.1) is 47.7 Å². The molecular formula is C25H23Cl2FN3OS3+. The number of anilines is 1. The molecular weight excluding hydrogens is 544 g/mol. The number of fused-ring (bicyclic) bond motifs is 1. The fourth-order valence-corrected chi connectivity index (χ4v) is 7.13. The lowest BCUT2D eigenvalue weighted by Gasteiger charge is -2.21. The molecule has 0 N–H and O–H groups in total. The van der Waals surface area contributed by atoms with Crippen molar-refractivity contribution in [1.29, 1.82) is 0 Å². The Balaban J connectivity index is 1.67. The van der Waals surface area contributed by atoms with Crippen molar-refractivity contribution in [2.45, 2.75) is 18.4 Å². The monoisotopic (exact) mass is 566 g/mol. The van der Waals surface area contributed by atoms with E-state index in [4.69, 9.17) is 23.2 Å². The second-order valence-electron chi connectivity index (χ2n) is 7.73. The van der Waals surface area contributed by atoms with E-state index in [0.29, 0.717) is 21.5 Å².